The van der Waals surface area contributed by atoms with Gasteiger partial charge in [-0.3, -0.25) is 9.88 Å². The van der Waals surface area contributed by atoms with Gasteiger partial charge in [0.1, 0.15) is 0 Å². The van der Waals surface area contributed by atoms with Crippen LogP contribution >= 0.6 is 0 Å². The van der Waals surface area contributed by atoms with Crippen molar-refractivity contribution in [3.63, 3.8) is 0 Å². The first-order valence-electron chi connectivity index (χ1n) is 6.18. The van der Waals surface area contributed by atoms with Crippen LogP contribution in [0.3, 0.4) is 0 Å². The molecular weight excluding hydrogens is 239 g/mol. The van der Waals surface area contributed by atoms with E-state index in [-0.39, 0.29) is 0 Å². The van der Waals surface area contributed by atoms with Crippen LogP contribution in [0.25, 0.3) is 0 Å². The predicted octanol–water partition coefficient (Wildman–Crippen LogP) is 0.393. The number of hydrogen-bond donors (Lipinski definition) is 2. The Morgan fingerprint density at radius 2 is 1.89 bits per heavy atom. The molecule has 98 valence electrons. The van der Waals surface area contributed by atoms with Gasteiger partial charge in [0.2, 0.25) is 0 Å². The van der Waals surface area contributed by atoms with E-state index in [4.69, 9.17) is 0 Å². The van der Waals surface area contributed by atoms with Crippen LogP contribution in [0, 0.1) is 0 Å². The molecule has 0 fully saturated rings. The average Bonchev–Trinajstić information content (AvgIpc) is 2.40. The van der Waals surface area contributed by atoms with Gasteiger partial charge in [0.15, 0.2) is 0 Å². The van der Waals surface area contributed by atoms with Crippen LogP contribution < -0.4 is 5.46 Å². The molecule has 2 aromatic rings. The second-order valence-electron chi connectivity index (χ2n) is 4.61. The van der Waals surface area contributed by atoms with Gasteiger partial charge >= 0.3 is 7.12 Å². The van der Waals surface area contributed by atoms with Crippen molar-refractivity contribution in [2.45, 2.75) is 13.1 Å². The van der Waals surface area contributed by atoms with Crippen molar-refractivity contribution >= 4 is 12.6 Å². The van der Waals surface area contributed by atoms with Crippen molar-refractivity contribution in [2.75, 3.05) is 7.05 Å². The van der Waals surface area contributed by atoms with Gasteiger partial charge in [-0.25, -0.2) is 0 Å². The molecule has 0 radical (unpaired) electrons. The molecule has 0 unspecified atom stereocenters. The zero-order valence-corrected chi connectivity index (χ0v) is 10.9. The van der Waals surface area contributed by atoms with Gasteiger partial charge in [-0.1, -0.05) is 30.3 Å². The van der Waals surface area contributed by atoms with E-state index in [1.54, 1.807) is 18.3 Å². The molecular formula is C14H17BN2O2. The van der Waals surface area contributed by atoms with E-state index in [0.717, 1.165) is 17.7 Å². The Bertz CT molecular complexity index is 520. The molecule has 0 saturated heterocycles. The molecule has 0 amide bonds. The molecule has 2 N–H and O–H groups in total. The molecule has 0 bridgehead atoms. The van der Waals surface area contributed by atoms with E-state index in [1.807, 2.05) is 37.5 Å². The lowest BCUT2D eigenvalue weighted by molar-refractivity contribution is 0.319. The monoisotopic (exact) mass is 256 g/mol. The van der Waals surface area contributed by atoms with Gasteiger partial charge < -0.3 is 10.0 Å². The van der Waals surface area contributed by atoms with E-state index in [9.17, 15) is 10.0 Å². The van der Waals surface area contributed by atoms with Crippen molar-refractivity contribution in [3.8, 4) is 0 Å². The quantitative estimate of drug-likeness (QED) is 0.760. The van der Waals surface area contributed by atoms with Crippen LogP contribution in [-0.2, 0) is 13.1 Å². The number of rotatable bonds is 5. The Kier molecular flexibility index (Phi) is 4.68. The summed E-state index contributed by atoms with van der Waals surface area (Å²) in [4.78, 5) is 6.19. The van der Waals surface area contributed by atoms with Crippen molar-refractivity contribution < 1.29 is 10.0 Å². The van der Waals surface area contributed by atoms with Crippen LogP contribution in [-0.4, -0.2) is 34.1 Å². The van der Waals surface area contributed by atoms with Crippen molar-refractivity contribution in [2.24, 2.45) is 0 Å². The molecule has 0 aliphatic carbocycles. The third-order valence-electron chi connectivity index (χ3n) is 2.95. The van der Waals surface area contributed by atoms with Crippen LogP contribution in [0.15, 0.2) is 48.8 Å². The number of nitrogens with zero attached hydrogens (tertiary/aromatic N) is 2. The van der Waals surface area contributed by atoms with E-state index in [1.165, 1.54) is 0 Å². The van der Waals surface area contributed by atoms with Crippen LogP contribution in [0.4, 0.5) is 0 Å². The summed E-state index contributed by atoms with van der Waals surface area (Å²) in [6, 6.07) is 11.3. The van der Waals surface area contributed by atoms with Gasteiger partial charge in [0, 0.05) is 25.5 Å². The van der Waals surface area contributed by atoms with Gasteiger partial charge in [0.25, 0.3) is 0 Å². The zero-order chi connectivity index (χ0) is 13.7. The lowest BCUT2D eigenvalue weighted by Gasteiger charge is -2.18. The van der Waals surface area contributed by atoms with E-state index >= 15 is 0 Å². The summed E-state index contributed by atoms with van der Waals surface area (Å²) < 4.78 is 0. The van der Waals surface area contributed by atoms with Crippen LogP contribution in [0.2, 0.25) is 0 Å². The fraction of sp³-hybridized carbons (Fsp3) is 0.214. The highest BCUT2D eigenvalue weighted by Gasteiger charge is 2.15. The molecule has 0 aliphatic heterocycles. The van der Waals surface area contributed by atoms with E-state index in [0.29, 0.717) is 12.0 Å². The molecule has 4 nitrogen and oxygen atoms in total. The molecule has 1 heterocycles. The Morgan fingerprint density at radius 1 is 1.11 bits per heavy atom. The molecule has 2 rings (SSSR count). The highest BCUT2D eigenvalue weighted by molar-refractivity contribution is 6.59. The summed E-state index contributed by atoms with van der Waals surface area (Å²) in [6.07, 6.45) is 3.59. The highest BCUT2D eigenvalue weighted by atomic mass is 16.4. The third-order valence-corrected chi connectivity index (χ3v) is 2.95. The summed E-state index contributed by atoms with van der Waals surface area (Å²) in [5.41, 5.74) is 2.61. The summed E-state index contributed by atoms with van der Waals surface area (Å²) in [7, 11) is 0.566. The SMILES string of the molecule is CN(Cc1cccnc1)Cc1ccccc1B(O)O. The van der Waals surface area contributed by atoms with Crippen molar-refractivity contribution in [1.82, 2.24) is 9.88 Å². The lowest BCUT2D eigenvalue weighted by Crippen LogP contribution is -2.34. The first kappa shape index (κ1) is 13.7. The second kappa shape index (κ2) is 6.47. The normalized spacial score (nSPS) is 10.7. The molecule has 0 saturated carbocycles. The van der Waals surface area contributed by atoms with Gasteiger partial charge in [-0.2, -0.15) is 0 Å². The van der Waals surface area contributed by atoms with Gasteiger partial charge in [-0.05, 0) is 29.7 Å². The summed E-state index contributed by atoms with van der Waals surface area (Å²) in [6.45, 7) is 1.42. The number of hydrogen-bond acceptors (Lipinski definition) is 4. The maximum atomic E-state index is 9.33. The Morgan fingerprint density at radius 3 is 2.58 bits per heavy atom. The highest BCUT2D eigenvalue weighted by Crippen LogP contribution is 2.06. The molecule has 0 spiro atoms. The predicted molar refractivity (Wildman–Crippen MR) is 75.7 cm³/mol. The topological polar surface area (TPSA) is 56.6 Å². The first-order chi connectivity index (χ1) is 9.16. The van der Waals surface area contributed by atoms with E-state index in [2.05, 4.69) is 9.88 Å². The second-order valence-corrected chi connectivity index (χ2v) is 4.61. The standard InChI is InChI=1S/C14H17BN2O2/c1-17(10-12-5-4-8-16-9-12)11-13-6-2-3-7-14(13)15(18)19/h2-9,18-19H,10-11H2,1H3. The minimum absolute atomic E-state index is 0.556. The minimum Gasteiger partial charge on any atom is -0.423 e. The zero-order valence-electron chi connectivity index (χ0n) is 10.9. The van der Waals surface area contributed by atoms with Gasteiger partial charge in [-0.15, -0.1) is 0 Å². The van der Waals surface area contributed by atoms with Crippen molar-refractivity contribution in [1.29, 1.82) is 0 Å². The molecule has 5 heteroatoms. The fourth-order valence-corrected chi connectivity index (χ4v) is 2.08. The smallest absolute Gasteiger partial charge is 0.423 e. The summed E-state index contributed by atoms with van der Waals surface area (Å²) >= 11 is 0. The summed E-state index contributed by atoms with van der Waals surface area (Å²) in [5, 5.41) is 18.7. The van der Waals surface area contributed by atoms with Gasteiger partial charge in [0.05, 0.1) is 0 Å². The van der Waals surface area contributed by atoms with Crippen molar-refractivity contribution in [3.05, 3.63) is 59.9 Å². The molecule has 0 atom stereocenters. The maximum absolute atomic E-state index is 9.33. The first-order valence-corrected chi connectivity index (χ1v) is 6.18. The van der Waals surface area contributed by atoms with Crippen LogP contribution in [0.1, 0.15) is 11.1 Å². The van der Waals surface area contributed by atoms with Crippen LogP contribution in [0.5, 0.6) is 0 Å². The Labute approximate surface area is 113 Å². The van der Waals surface area contributed by atoms with E-state index < -0.39 is 7.12 Å². The number of benzene rings is 1. The average molecular weight is 256 g/mol. The third kappa shape index (κ3) is 3.89. The fourth-order valence-electron chi connectivity index (χ4n) is 2.08. The Hall–Kier alpha value is -1.69. The molecule has 1 aromatic heterocycles. The summed E-state index contributed by atoms with van der Waals surface area (Å²) in [5.74, 6) is 0. The molecule has 19 heavy (non-hydrogen) atoms. The molecule has 0 aliphatic rings. The molecule has 1 aromatic carbocycles. The lowest BCUT2D eigenvalue weighted by atomic mass is 9.77. The number of pyridine rings is 1. The maximum Gasteiger partial charge on any atom is 0.488 e. The minimum atomic E-state index is -1.43. The number of aromatic nitrogens is 1. The Balaban J connectivity index is 2.05. The largest absolute Gasteiger partial charge is 0.488 e.